The number of rotatable bonds is 3. The first kappa shape index (κ1) is 13.6. The van der Waals surface area contributed by atoms with Crippen LogP contribution in [0.3, 0.4) is 0 Å². The van der Waals surface area contributed by atoms with Gasteiger partial charge in [-0.05, 0) is 42.3 Å². The Kier molecular flexibility index (Phi) is 4.18. The number of benzene rings is 2. The summed E-state index contributed by atoms with van der Waals surface area (Å²) in [4.78, 5) is 0. The van der Waals surface area contributed by atoms with Crippen LogP contribution in [0.1, 0.15) is 16.7 Å². The van der Waals surface area contributed by atoms with Gasteiger partial charge in [0.05, 0.1) is 11.6 Å². The van der Waals surface area contributed by atoms with E-state index in [-0.39, 0.29) is 5.75 Å². The number of alkyl halides is 1. The summed E-state index contributed by atoms with van der Waals surface area (Å²) in [6.45, 7) is 1.85. The van der Waals surface area contributed by atoms with Crippen molar-refractivity contribution in [2.45, 2.75) is 12.3 Å². The van der Waals surface area contributed by atoms with E-state index in [9.17, 15) is 4.39 Å². The van der Waals surface area contributed by atoms with Crippen LogP contribution in [0.25, 0.3) is 0 Å². The van der Waals surface area contributed by atoms with Crippen molar-refractivity contribution in [3.05, 3.63) is 58.9 Å². The standard InChI is InChI=1S/C15H11BrFNO/c1-10-2-3-12(9-18)7-15(10)19-14-5-4-11(8-16)6-13(14)17/h2-7H,8H2,1H3. The van der Waals surface area contributed by atoms with Crippen molar-refractivity contribution in [3.8, 4) is 17.6 Å². The first-order chi connectivity index (χ1) is 9.13. The summed E-state index contributed by atoms with van der Waals surface area (Å²) in [6.07, 6.45) is 0. The minimum absolute atomic E-state index is 0.155. The number of aryl methyl sites for hydroxylation is 1. The molecule has 0 radical (unpaired) electrons. The van der Waals surface area contributed by atoms with E-state index in [0.717, 1.165) is 11.1 Å². The van der Waals surface area contributed by atoms with Crippen LogP contribution in [0.5, 0.6) is 11.5 Å². The molecular weight excluding hydrogens is 309 g/mol. The third-order valence-corrected chi connectivity index (χ3v) is 3.34. The Labute approximate surface area is 119 Å². The first-order valence-corrected chi connectivity index (χ1v) is 6.79. The van der Waals surface area contributed by atoms with Crippen molar-refractivity contribution in [3.63, 3.8) is 0 Å². The zero-order valence-electron chi connectivity index (χ0n) is 10.3. The third-order valence-electron chi connectivity index (χ3n) is 2.69. The van der Waals surface area contributed by atoms with Gasteiger partial charge in [-0.15, -0.1) is 0 Å². The molecule has 0 fully saturated rings. The number of hydrogen-bond donors (Lipinski definition) is 0. The normalized spacial score (nSPS) is 10.0. The summed E-state index contributed by atoms with van der Waals surface area (Å²) in [5.41, 5.74) is 2.17. The highest BCUT2D eigenvalue weighted by molar-refractivity contribution is 9.08. The molecule has 2 aromatic carbocycles. The van der Waals surface area contributed by atoms with E-state index in [0.29, 0.717) is 16.6 Å². The molecule has 0 saturated heterocycles. The van der Waals surface area contributed by atoms with Crippen molar-refractivity contribution in [2.24, 2.45) is 0 Å². The van der Waals surface area contributed by atoms with E-state index in [4.69, 9.17) is 10.00 Å². The Morgan fingerprint density at radius 2 is 2.00 bits per heavy atom. The molecule has 0 saturated carbocycles. The van der Waals surface area contributed by atoms with Crippen molar-refractivity contribution < 1.29 is 9.13 Å². The van der Waals surface area contributed by atoms with Crippen molar-refractivity contribution in [1.82, 2.24) is 0 Å². The predicted octanol–water partition coefficient (Wildman–Crippen LogP) is 4.69. The summed E-state index contributed by atoms with van der Waals surface area (Å²) in [7, 11) is 0. The van der Waals surface area contributed by atoms with Crippen LogP contribution in [0.2, 0.25) is 0 Å². The van der Waals surface area contributed by atoms with Gasteiger partial charge in [-0.25, -0.2) is 4.39 Å². The van der Waals surface area contributed by atoms with E-state index in [2.05, 4.69) is 15.9 Å². The van der Waals surface area contributed by atoms with Crippen LogP contribution < -0.4 is 4.74 Å². The molecule has 4 heteroatoms. The zero-order chi connectivity index (χ0) is 13.8. The minimum Gasteiger partial charge on any atom is -0.454 e. The molecule has 0 amide bonds. The van der Waals surface area contributed by atoms with E-state index in [1.807, 2.05) is 13.0 Å². The van der Waals surface area contributed by atoms with Crippen molar-refractivity contribution in [1.29, 1.82) is 5.26 Å². The van der Waals surface area contributed by atoms with Crippen LogP contribution in [0.4, 0.5) is 4.39 Å². The van der Waals surface area contributed by atoms with Gasteiger partial charge in [-0.3, -0.25) is 0 Å². The van der Waals surface area contributed by atoms with Crippen molar-refractivity contribution in [2.75, 3.05) is 0 Å². The lowest BCUT2D eigenvalue weighted by Crippen LogP contribution is -1.92. The third kappa shape index (κ3) is 3.12. The molecule has 0 aromatic heterocycles. The fourth-order valence-electron chi connectivity index (χ4n) is 1.61. The van der Waals surface area contributed by atoms with Crippen molar-refractivity contribution >= 4 is 15.9 Å². The Morgan fingerprint density at radius 3 is 2.63 bits per heavy atom. The molecule has 2 nitrogen and oxygen atoms in total. The average molecular weight is 320 g/mol. The topological polar surface area (TPSA) is 33.0 Å². The second kappa shape index (κ2) is 5.85. The van der Waals surface area contributed by atoms with E-state index >= 15 is 0 Å². The summed E-state index contributed by atoms with van der Waals surface area (Å²) >= 11 is 3.27. The molecule has 0 spiro atoms. The van der Waals surface area contributed by atoms with Gasteiger partial charge in [0.15, 0.2) is 11.6 Å². The van der Waals surface area contributed by atoms with E-state index in [1.165, 1.54) is 6.07 Å². The SMILES string of the molecule is Cc1ccc(C#N)cc1Oc1ccc(CBr)cc1F. The Hall–Kier alpha value is -1.86. The maximum absolute atomic E-state index is 13.8. The quantitative estimate of drug-likeness (QED) is 0.769. The van der Waals surface area contributed by atoms with E-state index in [1.54, 1.807) is 30.3 Å². The molecule has 0 aliphatic heterocycles. The number of nitrogens with zero attached hydrogens (tertiary/aromatic N) is 1. The number of hydrogen-bond acceptors (Lipinski definition) is 2. The second-order valence-corrected chi connectivity index (χ2v) is 4.65. The summed E-state index contributed by atoms with van der Waals surface area (Å²) in [5, 5.41) is 9.45. The molecule has 0 unspecified atom stereocenters. The predicted molar refractivity (Wildman–Crippen MR) is 75.0 cm³/mol. The highest BCUT2D eigenvalue weighted by atomic mass is 79.9. The smallest absolute Gasteiger partial charge is 0.166 e. The monoisotopic (exact) mass is 319 g/mol. The van der Waals surface area contributed by atoms with Gasteiger partial charge in [-0.2, -0.15) is 5.26 Å². The maximum atomic E-state index is 13.8. The molecule has 0 bridgehead atoms. The van der Waals surface area contributed by atoms with Crippen LogP contribution >= 0.6 is 15.9 Å². The molecule has 0 aliphatic rings. The molecule has 19 heavy (non-hydrogen) atoms. The van der Waals surface area contributed by atoms with Gasteiger partial charge in [-0.1, -0.05) is 28.1 Å². The molecule has 0 atom stereocenters. The molecule has 96 valence electrons. The second-order valence-electron chi connectivity index (χ2n) is 4.09. The fraction of sp³-hybridized carbons (Fsp3) is 0.133. The summed E-state index contributed by atoms with van der Waals surface area (Å²) in [6, 6.07) is 11.9. The largest absolute Gasteiger partial charge is 0.454 e. The summed E-state index contributed by atoms with van der Waals surface area (Å²) < 4.78 is 19.4. The Balaban J connectivity index is 2.33. The van der Waals surface area contributed by atoms with Crippen LogP contribution in [0, 0.1) is 24.1 Å². The van der Waals surface area contributed by atoms with Gasteiger partial charge in [0.25, 0.3) is 0 Å². The lowest BCUT2D eigenvalue weighted by Gasteiger charge is -2.10. The highest BCUT2D eigenvalue weighted by Crippen LogP contribution is 2.28. The van der Waals surface area contributed by atoms with Gasteiger partial charge >= 0.3 is 0 Å². The lowest BCUT2D eigenvalue weighted by atomic mass is 10.1. The lowest BCUT2D eigenvalue weighted by molar-refractivity contribution is 0.439. The fourth-order valence-corrected chi connectivity index (χ4v) is 1.96. The molecule has 0 N–H and O–H groups in total. The highest BCUT2D eigenvalue weighted by Gasteiger charge is 2.08. The van der Waals surface area contributed by atoms with Gasteiger partial charge in [0, 0.05) is 5.33 Å². The molecule has 2 rings (SSSR count). The van der Waals surface area contributed by atoms with E-state index < -0.39 is 5.82 Å². The molecule has 0 aliphatic carbocycles. The number of halogens is 2. The minimum atomic E-state index is -0.418. The average Bonchev–Trinajstić information content (AvgIpc) is 2.43. The van der Waals surface area contributed by atoms with Crippen LogP contribution in [0.15, 0.2) is 36.4 Å². The first-order valence-electron chi connectivity index (χ1n) is 5.67. The van der Waals surface area contributed by atoms with Crippen LogP contribution in [-0.4, -0.2) is 0 Å². The number of ether oxygens (including phenoxy) is 1. The Morgan fingerprint density at radius 1 is 1.21 bits per heavy atom. The molecule has 0 heterocycles. The molecular formula is C15H11BrFNO. The summed E-state index contributed by atoms with van der Waals surface area (Å²) in [5.74, 6) is 0.228. The zero-order valence-corrected chi connectivity index (χ0v) is 11.9. The van der Waals surface area contributed by atoms with Gasteiger partial charge in [0.1, 0.15) is 5.75 Å². The van der Waals surface area contributed by atoms with Gasteiger partial charge < -0.3 is 4.74 Å². The molecule has 2 aromatic rings. The van der Waals surface area contributed by atoms with Gasteiger partial charge in [0.2, 0.25) is 0 Å². The van der Waals surface area contributed by atoms with Crippen LogP contribution in [-0.2, 0) is 5.33 Å². The number of nitriles is 1. The Bertz CT molecular complexity index is 649. The maximum Gasteiger partial charge on any atom is 0.166 e.